The zero-order chi connectivity index (χ0) is 20.7. The predicted molar refractivity (Wildman–Crippen MR) is 120 cm³/mol. The van der Waals surface area contributed by atoms with Crippen molar-refractivity contribution in [2.24, 2.45) is 17.8 Å². The molecule has 0 spiro atoms. The minimum Gasteiger partial charge on any atom is -0.390 e. The van der Waals surface area contributed by atoms with Crippen LogP contribution in [0.5, 0.6) is 0 Å². The van der Waals surface area contributed by atoms with Gasteiger partial charge in [0.05, 0.1) is 5.60 Å². The van der Waals surface area contributed by atoms with Gasteiger partial charge in [0.25, 0.3) is 0 Å². The Morgan fingerprint density at radius 1 is 0.968 bits per heavy atom. The zero-order valence-corrected chi connectivity index (χ0v) is 18.4. The first-order chi connectivity index (χ1) is 15.1. The average molecular weight is 422 g/mol. The van der Waals surface area contributed by atoms with Crippen LogP contribution in [-0.2, 0) is 6.42 Å². The van der Waals surface area contributed by atoms with Gasteiger partial charge >= 0.3 is 6.03 Å². The summed E-state index contributed by atoms with van der Waals surface area (Å²) >= 11 is 0. The number of aliphatic hydroxyl groups is 1. The maximum absolute atomic E-state index is 13.5. The third-order valence-corrected chi connectivity index (χ3v) is 9.84. The topological polar surface area (TPSA) is 55.8 Å². The van der Waals surface area contributed by atoms with Crippen molar-refractivity contribution < 1.29 is 9.90 Å². The van der Waals surface area contributed by atoms with Gasteiger partial charge in [-0.1, -0.05) is 18.2 Å². The van der Waals surface area contributed by atoms with E-state index in [1.807, 2.05) is 0 Å². The molecule has 3 aliphatic heterocycles. The molecule has 0 radical (unpaired) electrons. The lowest BCUT2D eigenvalue weighted by Gasteiger charge is -2.58. The summed E-state index contributed by atoms with van der Waals surface area (Å²) in [6.45, 7) is 1.13. The second-order valence-electron chi connectivity index (χ2n) is 11.7. The summed E-state index contributed by atoms with van der Waals surface area (Å²) < 4.78 is 0. The monoisotopic (exact) mass is 421 g/mol. The van der Waals surface area contributed by atoms with Crippen LogP contribution >= 0.6 is 0 Å². The quantitative estimate of drug-likeness (QED) is 0.766. The van der Waals surface area contributed by atoms with E-state index in [0.717, 1.165) is 57.9 Å². The van der Waals surface area contributed by atoms with Gasteiger partial charge in [-0.25, -0.2) is 4.79 Å². The Morgan fingerprint density at radius 2 is 1.68 bits per heavy atom. The number of benzene rings is 1. The number of anilines is 1. The van der Waals surface area contributed by atoms with E-state index in [1.54, 1.807) is 0 Å². The number of hydrogen-bond acceptors (Lipinski definition) is 3. The summed E-state index contributed by atoms with van der Waals surface area (Å²) in [5.74, 6) is 1.65. The maximum Gasteiger partial charge on any atom is 0.318 e. The fraction of sp³-hybridized carbons (Fsp3) is 0.731. The Kier molecular flexibility index (Phi) is 4.02. The number of carbonyl (C=O) groups is 1. The number of rotatable bonds is 2. The summed E-state index contributed by atoms with van der Waals surface area (Å²) in [7, 11) is 0. The number of carbonyl (C=O) groups excluding carboxylic acids is 1. The lowest BCUT2D eigenvalue weighted by atomic mass is 9.52. The number of fused-ring (bicyclic) bond motifs is 3. The molecule has 2 amide bonds. The van der Waals surface area contributed by atoms with Crippen molar-refractivity contribution in [1.82, 2.24) is 10.2 Å². The Labute approximate surface area is 185 Å². The second kappa shape index (κ2) is 6.63. The van der Waals surface area contributed by atoms with Crippen molar-refractivity contribution >= 4 is 11.7 Å². The van der Waals surface area contributed by atoms with Crippen LogP contribution in [0.4, 0.5) is 10.5 Å². The Balaban J connectivity index is 1.05. The lowest BCUT2D eigenvalue weighted by Crippen LogP contribution is -2.64. The van der Waals surface area contributed by atoms with Gasteiger partial charge in [-0.3, -0.25) is 0 Å². The minimum absolute atomic E-state index is 0.192. The Hall–Kier alpha value is -1.75. The number of amides is 2. The molecule has 166 valence electrons. The van der Waals surface area contributed by atoms with Crippen LogP contribution < -0.4 is 10.2 Å². The average Bonchev–Trinajstić information content (AvgIpc) is 3.28. The number of nitrogens with one attached hydrogen (secondary N) is 1. The molecule has 2 saturated heterocycles. The lowest BCUT2D eigenvalue weighted by molar-refractivity contribution is -0.137. The largest absolute Gasteiger partial charge is 0.390 e. The van der Waals surface area contributed by atoms with Crippen LogP contribution in [0.25, 0.3) is 0 Å². The van der Waals surface area contributed by atoms with Crippen LogP contribution in [0.1, 0.15) is 63.4 Å². The molecule has 4 aliphatic carbocycles. The fourth-order valence-corrected chi connectivity index (χ4v) is 8.91. The Morgan fingerprint density at radius 3 is 2.39 bits per heavy atom. The summed E-state index contributed by atoms with van der Waals surface area (Å²) in [5.41, 5.74) is 2.48. The highest BCUT2D eigenvalue weighted by atomic mass is 16.3. The first-order valence-corrected chi connectivity index (χ1v) is 12.7. The molecule has 4 unspecified atom stereocenters. The van der Waals surface area contributed by atoms with E-state index >= 15 is 0 Å². The number of piperidine rings is 1. The summed E-state index contributed by atoms with van der Waals surface area (Å²) in [6.07, 6.45) is 10.9. The second-order valence-corrected chi connectivity index (χ2v) is 11.7. The molecule has 1 aromatic carbocycles. The summed E-state index contributed by atoms with van der Waals surface area (Å²) in [5, 5.41) is 14.4. The molecule has 7 aliphatic rings. The van der Waals surface area contributed by atoms with E-state index in [-0.39, 0.29) is 12.1 Å². The molecule has 2 N–H and O–H groups in total. The molecule has 6 fully saturated rings. The molecule has 5 heteroatoms. The van der Waals surface area contributed by atoms with Crippen LogP contribution in [0, 0.1) is 17.8 Å². The zero-order valence-electron chi connectivity index (χ0n) is 18.4. The maximum atomic E-state index is 13.5. The van der Waals surface area contributed by atoms with Gasteiger partial charge in [0.1, 0.15) is 0 Å². The number of nitrogens with zero attached hydrogens (tertiary/aromatic N) is 2. The van der Waals surface area contributed by atoms with Crippen LogP contribution in [0.15, 0.2) is 24.3 Å². The van der Waals surface area contributed by atoms with Gasteiger partial charge in [-0.15, -0.1) is 0 Å². The van der Waals surface area contributed by atoms with Crippen LogP contribution in [-0.4, -0.2) is 52.4 Å². The molecule has 4 saturated carbocycles. The van der Waals surface area contributed by atoms with Gasteiger partial charge in [0.15, 0.2) is 0 Å². The minimum atomic E-state index is -0.429. The molecule has 1 aromatic rings. The molecular weight excluding hydrogens is 386 g/mol. The first kappa shape index (κ1) is 18.8. The van der Waals surface area contributed by atoms with Gasteiger partial charge < -0.3 is 20.2 Å². The normalized spacial score (nSPS) is 44.6. The van der Waals surface area contributed by atoms with Gasteiger partial charge in [0.2, 0.25) is 0 Å². The predicted octanol–water partition coefficient (Wildman–Crippen LogP) is 3.69. The van der Waals surface area contributed by atoms with Crippen molar-refractivity contribution in [2.45, 2.75) is 94.0 Å². The highest BCUT2D eigenvalue weighted by molar-refractivity contribution is 5.76. The van der Waals surface area contributed by atoms with Crippen molar-refractivity contribution in [3.8, 4) is 0 Å². The standard InChI is InChI=1S/C26H35N3O2/c30-25(27-24-18-9-16-10-19(24)15-26(31,13-16)14-18)29-20-5-6-21(29)12-22(11-20)28-8-7-17-3-1-2-4-23(17)28/h1-4,16,18-22,24,31H,5-15H2,(H,27,30). The van der Waals surface area contributed by atoms with E-state index < -0.39 is 5.60 Å². The number of urea groups is 1. The van der Waals surface area contributed by atoms with Crippen molar-refractivity contribution in [3.05, 3.63) is 29.8 Å². The van der Waals surface area contributed by atoms with Crippen LogP contribution in [0.2, 0.25) is 0 Å². The summed E-state index contributed by atoms with van der Waals surface area (Å²) in [4.78, 5) is 18.4. The van der Waals surface area contributed by atoms with Crippen molar-refractivity contribution in [3.63, 3.8) is 0 Å². The van der Waals surface area contributed by atoms with Crippen molar-refractivity contribution in [2.75, 3.05) is 11.4 Å². The summed E-state index contributed by atoms with van der Waals surface area (Å²) in [6, 6.07) is 10.7. The molecule has 8 rings (SSSR count). The van der Waals surface area contributed by atoms with Crippen molar-refractivity contribution in [1.29, 1.82) is 0 Å². The molecule has 3 heterocycles. The molecule has 5 nitrogen and oxygen atoms in total. The highest BCUT2D eigenvalue weighted by Crippen LogP contribution is 2.55. The SMILES string of the molecule is O=C(NC1C2CC3CC1CC(O)(C3)C2)N1C2CCC1CC(N1CCc3ccccc31)C2. The highest BCUT2D eigenvalue weighted by Gasteiger charge is 2.56. The van der Waals surface area contributed by atoms with E-state index in [0.29, 0.717) is 35.9 Å². The first-order valence-electron chi connectivity index (χ1n) is 12.7. The number of hydrogen-bond donors (Lipinski definition) is 2. The molecule has 6 bridgehead atoms. The van der Waals surface area contributed by atoms with Gasteiger partial charge in [0, 0.05) is 36.4 Å². The smallest absolute Gasteiger partial charge is 0.318 e. The van der Waals surface area contributed by atoms with Crippen LogP contribution in [0.3, 0.4) is 0 Å². The van der Waals surface area contributed by atoms with E-state index in [4.69, 9.17) is 0 Å². The molecule has 31 heavy (non-hydrogen) atoms. The fourth-order valence-electron chi connectivity index (χ4n) is 8.91. The van der Waals surface area contributed by atoms with E-state index in [1.165, 1.54) is 24.1 Å². The Bertz CT molecular complexity index is 872. The molecule has 4 atom stereocenters. The third kappa shape index (κ3) is 2.88. The van der Waals surface area contributed by atoms with Gasteiger partial charge in [-0.2, -0.15) is 0 Å². The molecular formula is C26H35N3O2. The molecule has 0 aromatic heterocycles. The third-order valence-electron chi connectivity index (χ3n) is 9.84. The number of para-hydroxylation sites is 1. The van der Waals surface area contributed by atoms with Gasteiger partial charge in [-0.05, 0) is 93.6 Å². The van der Waals surface area contributed by atoms with E-state index in [9.17, 15) is 9.90 Å². The van der Waals surface area contributed by atoms with E-state index in [2.05, 4.69) is 39.4 Å².